The Labute approximate surface area is 307 Å². The predicted octanol–water partition coefficient (Wildman–Crippen LogP) is 1.44. The molecule has 4 aliphatic carbocycles. The maximum Gasteiger partial charge on any atom is 0.187 e. The molecule has 1 spiro atoms. The number of ether oxygens (including phenoxy) is 6. The highest BCUT2D eigenvalue weighted by Crippen LogP contribution is 2.71. The lowest BCUT2D eigenvalue weighted by Crippen LogP contribution is -2.65. The van der Waals surface area contributed by atoms with E-state index >= 15 is 0 Å². The summed E-state index contributed by atoms with van der Waals surface area (Å²) in [5.41, 5.74) is 0.425. The van der Waals surface area contributed by atoms with Crippen molar-refractivity contribution in [3.8, 4) is 0 Å². The zero-order valence-electron chi connectivity index (χ0n) is 31.2. The van der Waals surface area contributed by atoms with E-state index in [2.05, 4.69) is 27.7 Å². The van der Waals surface area contributed by atoms with Gasteiger partial charge in [0.1, 0.15) is 48.8 Å². The van der Waals surface area contributed by atoms with E-state index in [-0.39, 0.29) is 23.0 Å². The molecule has 13 heteroatoms. The molecule has 22 atom stereocenters. The standard InChI is InChI=1S/C39H64O13/c1-18-7-12-39(47-17-18)19(2)28-25(52-39)14-24-22-6-5-20-13-21(8-10-37(20,3)23(22)9-11-38(24,28)4)48-36-34(32(45)30(43)27(16-41)50-36)51-35-33(46)31(44)29(42)26(15-40)49-35/h18-36,40-46H,5-17H2,1-4H3/t18-,19+,20-,21+,22-,23+,24+,25+,26-,27-,28?,29-,30+,31+,32+,33-,34-,35+,36-,37+,38+,39-/m1/s1. The van der Waals surface area contributed by atoms with Crippen LogP contribution in [0.15, 0.2) is 0 Å². The molecular weight excluding hydrogens is 676 g/mol. The molecule has 8 rings (SSSR count). The maximum absolute atomic E-state index is 11.1. The van der Waals surface area contributed by atoms with Gasteiger partial charge >= 0.3 is 0 Å². The zero-order valence-corrected chi connectivity index (χ0v) is 31.2. The largest absolute Gasteiger partial charge is 0.394 e. The molecule has 13 nitrogen and oxygen atoms in total. The minimum Gasteiger partial charge on any atom is -0.394 e. The van der Waals surface area contributed by atoms with Gasteiger partial charge in [0, 0.05) is 12.3 Å². The first-order valence-electron chi connectivity index (χ1n) is 20.3. The van der Waals surface area contributed by atoms with Gasteiger partial charge in [-0.2, -0.15) is 0 Å². The molecule has 0 radical (unpaired) electrons. The molecule has 4 saturated heterocycles. The summed E-state index contributed by atoms with van der Waals surface area (Å²) in [6.45, 7) is 9.33. The number of hydrogen-bond acceptors (Lipinski definition) is 13. The average Bonchev–Trinajstić information content (AvgIpc) is 3.58. The van der Waals surface area contributed by atoms with Crippen LogP contribution in [0.1, 0.15) is 91.9 Å². The van der Waals surface area contributed by atoms with Crippen molar-refractivity contribution in [2.75, 3.05) is 19.8 Å². The normalized spacial score (nSPS) is 59.0. The summed E-state index contributed by atoms with van der Waals surface area (Å²) in [6, 6.07) is 0. The van der Waals surface area contributed by atoms with E-state index in [0.29, 0.717) is 41.4 Å². The molecule has 52 heavy (non-hydrogen) atoms. The van der Waals surface area contributed by atoms with Crippen LogP contribution in [0.4, 0.5) is 0 Å². The van der Waals surface area contributed by atoms with Crippen molar-refractivity contribution >= 4 is 0 Å². The molecule has 8 fully saturated rings. The van der Waals surface area contributed by atoms with E-state index in [0.717, 1.165) is 45.1 Å². The van der Waals surface area contributed by atoms with Gasteiger partial charge in [-0.3, -0.25) is 0 Å². The molecule has 4 aliphatic heterocycles. The predicted molar refractivity (Wildman–Crippen MR) is 183 cm³/mol. The van der Waals surface area contributed by atoms with Gasteiger partial charge in [-0.15, -0.1) is 0 Å². The molecule has 298 valence electrons. The second kappa shape index (κ2) is 14.1. The van der Waals surface area contributed by atoms with Gasteiger partial charge in [0.05, 0.1) is 32.0 Å². The lowest BCUT2D eigenvalue weighted by atomic mass is 9.44. The van der Waals surface area contributed by atoms with E-state index in [1.54, 1.807) is 0 Å². The molecule has 0 aromatic rings. The summed E-state index contributed by atoms with van der Waals surface area (Å²) in [7, 11) is 0. The summed E-state index contributed by atoms with van der Waals surface area (Å²) in [4.78, 5) is 0. The fourth-order valence-corrected chi connectivity index (χ4v) is 13.2. The lowest BCUT2D eigenvalue weighted by Gasteiger charge is -2.61. The second-order valence-electron chi connectivity index (χ2n) is 18.7. The Morgan fingerprint density at radius 1 is 0.673 bits per heavy atom. The molecular formula is C39H64O13. The van der Waals surface area contributed by atoms with Crippen molar-refractivity contribution in [1.82, 2.24) is 0 Å². The van der Waals surface area contributed by atoms with E-state index in [1.165, 1.54) is 25.7 Å². The zero-order chi connectivity index (χ0) is 36.9. The Bertz CT molecular complexity index is 1260. The molecule has 7 N–H and O–H groups in total. The number of aliphatic hydroxyl groups is 7. The Hall–Kier alpha value is -0.520. The van der Waals surface area contributed by atoms with Crippen LogP contribution in [0, 0.1) is 52.3 Å². The third kappa shape index (κ3) is 5.98. The average molecular weight is 741 g/mol. The fraction of sp³-hybridized carbons (Fsp3) is 1.00. The highest BCUT2D eigenvalue weighted by atomic mass is 16.8. The summed E-state index contributed by atoms with van der Waals surface area (Å²) < 4.78 is 37.5. The van der Waals surface area contributed by atoms with Gasteiger partial charge in [-0.25, -0.2) is 0 Å². The number of fused-ring (bicyclic) bond motifs is 7. The van der Waals surface area contributed by atoms with Gasteiger partial charge in [0.2, 0.25) is 0 Å². The van der Waals surface area contributed by atoms with Gasteiger partial charge < -0.3 is 64.2 Å². The van der Waals surface area contributed by atoms with Gasteiger partial charge in [-0.05, 0) is 104 Å². The fourth-order valence-electron chi connectivity index (χ4n) is 13.2. The smallest absolute Gasteiger partial charge is 0.187 e. The summed E-state index contributed by atoms with van der Waals surface area (Å²) >= 11 is 0. The summed E-state index contributed by atoms with van der Waals surface area (Å²) in [5, 5.41) is 72.7. The van der Waals surface area contributed by atoms with E-state index < -0.39 is 80.4 Å². The second-order valence-corrected chi connectivity index (χ2v) is 18.7. The third-order valence-corrected chi connectivity index (χ3v) is 16.2. The van der Waals surface area contributed by atoms with Crippen molar-refractivity contribution in [2.24, 2.45) is 52.3 Å². The molecule has 4 heterocycles. The van der Waals surface area contributed by atoms with Crippen LogP contribution < -0.4 is 0 Å². The van der Waals surface area contributed by atoms with Crippen molar-refractivity contribution in [3.05, 3.63) is 0 Å². The minimum atomic E-state index is -1.71. The van der Waals surface area contributed by atoms with Crippen LogP contribution in [0.25, 0.3) is 0 Å². The molecule has 0 bridgehead atoms. The third-order valence-electron chi connectivity index (χ3n) is 16.2. The highest BCUT2D eigenvalue weighted by molar-refractivity contribution is 5.15. The highest BCUT2D eigenvalue weighted by Gasteiger charge is 2.69. The Morgan fingerprint density at radius 2 is 1.37 bits per heavy atom. The summed E-state index contributed by atoms with van der Waals surface area (Å²) in [6.07, 6.45) is -3.88. The van der Waals surface area contributed by atoms with Gasteiger partial charge in [-0.1, -0.05) is 27.7 Å². The quantitative estimate of drug-likeness (QED) is 0.194. The molecule has 0 aromatic carbocycles. The van der Waals surface area contributed by atoms with E-state index in [9.17, 15) is 35.7 Å². The lowest BCUT2D eigenvalue weighted by molar-refractivity contribution is -0.373. The molecule has 1 unspecified atom stereocenters. The Kier molecular flexibility index (Phi) is 10.4. The topological polar surface area (TPSA) is 197 Å². The maximum atomic E-state index is 11.1. The van der Waals surface area contributed by atoms with Crippen molar-refractivity contribution in [1.29, 1.82) is 0 Å². The van der Waals surface area contributed by atoms with Crippen molar-refractivity contribution in [3.63, 3.8) is 0 Å². The minimum absolute atomic E-state index is 0.168. The van der Waals surface area contributed by atoms with Crippen molar-refractivity contribution in [2.45, 2.75) is 171 Å². The van der Waals surface area contributed by atoms with E-state index in [4.69, 9.17) is 28.4 Å². The van der Waals surface area contributed by atoms with E-state index in [1.807, 2.05) is 0 Å². The Balaban J connectivity index is 0.942. The molecule has 8 aliphatic rings. The first kappa shape index (κ1) is 38.4. The number of rotatable bonds is 6. The SMILES string of the molecule is C[C@@H]1CC[C@@]2(OC1)O[C@H]1C[C@H]3[C@@H]4CC[C@@H]5C[C@@H](O[C@@H]6O[C@H](CO)[C@H](O)[C@H](O)[C@H]6O[C@@H]6O[C@H](CO)[C@@H](O)[C@H](O)[C@H]6O)CC[C@]5(C)[C@H]4CC[C@]3(C)C1[C@@H]2C. The first-order valence-corrected chi connectivity index (χ1v) is 20.3. The van der Waals surface area contributed by atoms with Crippen LogP contribution in [0.2, 0.25) is 0 Å². The van der Waals surface area contributed by atoms with Crippen LogP contribution in [-0.4, -0.2) is 135 Å². The molecule has 0 aromatic heterocycles. The van der Waals surface area contributed by atoms with Crippen LogP contribution in [-0.2, 0) is 28.4 Å². The number of aliphatic hydroxyl groups excluding tert-OH is 7. The van der Waals surface area contributed by atoms with Crippen LogP contribution >= 0.6 is 0 Å². The molecule has 4 saturated carbocycles. The Morgan fingerprint density at radius 3 is 2.06 bits per heavy atom. The monoisotopic (exact) mass is 740 g/mol. The van der Waals surface area contributed by atoms with Crippen LogP contribution in [0.5, 0.6) is 0 Å². The van der Waals surface area contributed by atoms with Gasteiger partial charge in [0.15, 0.2) is 18.4 Å². The van der Waals surface area contributed by atoms with Crippen molar-refractivity contribution < 1.29 is 64.2 Å². The van der Waals surface area contributed by atoms with Crippen LogP contribution in [0.3, 0.4) is 0 Å². The number of hydrogen-bond donors (Lipinski definition) is 7. The molecule has 0 amide bonds. The first-order chi connectivity index (χ1) is 24.7. The van der Waals surface area contributed by atoms with Gasteiger partial charge in [0.25, 0.3) is 0 Å². The summed E-state index contributed by atoms with van der Waals surface area (Å²) in [5.74, 6) is 3.51.